The number of methoxy groups -OCH3 is 1. The first-order valence-corrected chi connectivity index (χ1v) is 10.2. The highest BCUT2D eigenvalue weighted by atomic mass is 19.4. The number of aromatic nitrogens is 3. The Balaban J connectivity index is 1.66. The van der Waals surface area contributed by atoms with E-state index in [4.69, 9.17) is 13.9 Å². The van der Waals surface area contributed by atoms with Crippen molar-refractivity contribution in [3.63, 3.8) is 0 Å². The maximum Gasteiger partial charge on any atom is 0.418 e. The van der Waals surface area contributed by atoms with Crippen molar-refractivity contribution in [2.45, 2.75) is 44.9 Å². The Morgan fingerprint density at radius 1 is 1.23 bits per heavy atom. The Hall–Kier alpha value is -2.81. The molecule has 0 N–H and O–H groups in total. The largest absolute Gasteiger partial charge is 0.497 e. The quantitative estimate of drug-likeness (QED) is 0.544. The number of nitrogens with zero attached hydrogens (tertiary/aromatic N) is 3. The molecule has 0 radical (unpaired) electrons. The third-order valence-corrected chi connectivity index (χ3v) is 6.38. The fourth-order valence-corrected chi connectivity index (χ4v) is 4.47. The summed E-state index contributed by atoms with van der Waals surface area (Å²) in [5.74, 6) is 1.39. The fraction of sp³-hybridized carbons (Fsp3) is 0.455. The smallest absolute Gasteiger partial charge is 0.418 e. The van der Waals surface area contributed by atoms with E-state index in [9.17, 15) is 13.2 Å². The molecular weight excluding hydrogens is 411 g/mol. The monoisotopic (exact) mass is 433 g/mol. The zero-order valence-electron chi connectivity index (χ0n) is 17.2. The molecule has 9 heteroatoms. The van der Waals surface area contributed by atoms with Crippen molar-refractivity contribution in [3.05, 3.63) is 47.7 Å². The molecule has 1 atom stereocenters. The number of furan rings is 1. The molecule has 1 unspecified atom stereocenters. The van der Waals surface area contributed by atoms with Gasteiger partial charge in [0.25, 0.3) is 0 Å². The van der Waals surface area contributed by atoms with Crippen molar-refractivity contribution in [1.29, 1.82) is 0 Å². The first-order valence-electron chi connectivity index (χ1n) is 10.2. The number of alkyl halides is 3. The van der Waals surface area contributed by atoms with Crippen LogP contribution in [0, 0.1) is 12.3 Å². The number of aryl methyl sites for hydroxylation is 1. The number of rotatable bonds is 4. The van der Waals surface area contributed by atoms with E-state index in [2.05, 4.69) is 10.1 Å². The first-order chi connectivity index (χ1) is 14.8. The van der Waals surface area contributed by atoms with E-state index in [0.717, 1.165) is 31.7 Å². The molecule has 0 amide bonds. The third-order valence-electron chi connectivity index (χ3n) is 6.38. The minimum absolute atomic E-state index is 0.110. The van der Waals surface area contributed by atoms with Gasteiger partial charge in [-0.2, -0.15) is 13.2 Å². The minimum Gasteiger partial charge on any atom is -0.497 e. The summed E-state index contributed by atoms with van der Waals surface area (Å²) < 4.78 is 59.5. The highest BCUT2D eigenvalue weighted by Crippen LogP contribution is 2.53. The maximum absolute atomic E-state index is 13.9. The Bertz CT molecular complexity index is 1110. The Morgan fingerprint density at radius 2 is 2.03 bits per heavy atom. The number of halogens is 3. The zero-order valence-corrected chi connectivity index (χ0v) is 17.2. The second-order valence-corrected chi connectivity index (χ2v) is 8.33. The highest BCUT2D eigenvalue weighted by Gasteiger charge is 2.47. The Morgan fingerprint density at radius 3 is 2.61 bits per heavy atom. The molecule has 164 valence electrons. The van der Waals surface area contributed by atoms with Crippen LogP contribution in [0.2, 0.25) is 0 Å². The topological polar surface area (TPSA) is 62.3 Å². The van der Waals surface area contributed by atoms with E-state index in [1.54, 1.807) is 13.0 Å². The number of ether oxygens (including phenoxy) is 2. The van der Waals surface area contributed by atoms with Gasteiger partial charge in [0.1, 0.15) is 17.6 Å². The lowest BCUT2D eigenvalue weighted by Gasteiger charge is -2.36. The second kappa shape index (κ2) is 7.12. The summed E-state index contributed by atoms with van der Waals surface area (Å²) in [6, 6.07) is 5.54. The summed E-state index contributed by atoms with van der Waals surface area (Å²) in [6.07, 6.45) is 0.520. The number of benzene rings is 1. The molecule has 6 nitrogen and oxygen atoms in total. The Kier molecular flexibility index (Phi) is 4.62. The highest BCUT2D eigenvalue weighted by molar-refractivity contribution is 5.58. The van der Waals surface area contributed by atoms with Crippen molar-refractivity contribution < 1.29 is 27.1 Å². The molecule has 1 aromatic carbocycles. The molecule has 3 heterocycles. The zero-order chi connectivity index (χ0) is 21.8. The predicted octanol–water partition coefficient (Wildman–Crippen LogP) is 5.49. The van der Waals surface area contributed by atoms with Crippen molar-refractivity contribution in [2.24, 2.45) is 5.41 Å². The summed E-state index contributed by atoms with van der Waals surface area (Å²) in [5.41, 5.74) is -0.204. The van der Waals surface area contributed by atoms with Crippen molar-refractivity contribution >= 4 is 0 Å². The average molecular weight is 433 g/mol. The van der Waals surface area contributed by atoms with Gasteiger partial charge in [0.05, 0.1) is 36.8 Å². The van der Waals surface area contributed by atoms with Gasteiger partial charge in [-0.25, -0.2) is 9.67 Å². The standard InChI is InChI=1S/C22H22F3N3O3/c1-13-15(6-9-30-13)19-26-20(18-11-21(12-31-18)7-3-8-21)28(27-19)17-5-4-14(29-2)10-16(17)22(23,24)25/h4-6,9-10,18H,3,7-8,11-12H2,1-2H3. The summed E-state index contributed by atoms with van der Waals surface area (Å²) in [7, 11) is 1.33. The van der Waals surface area contributed by atoms with Crippen LogP contribution in [0.3, 0.4) is 0 Å². The van der Waals surface area contributed by atoms with Crippen LogP contribution in [0.15, 0.2) is 34.9 Å². The molecule has 1 aliphatic heterocycles. The number of hydrogen-bond donors (Lipinski definition) is 0. The lowest BCUT2D eigenvalue weighted by Crippen LogP contribution is -2.29. The van der Waals surface area contributed by atoms with Crippen molar-refractivity contribution in [1.82, 2.24) is 14.8 Å². The van der Waals surface area contributed by atoms with Crippen LogP contribution in [-0.2, 0) is 10.9 Å². The maximum atomic E-state index is 13.9. The van der Waals surface area contributed by atoms with Crippen LogP contribution in [0.4, 0.5) is 13.2 Å². The van der Waals surface area contributed by atoms with Gasteiger partial charge in [-0.1, -0.05) is 6.42 Å². The van der Waals surface area contributed by atoms with Gasteiger partial charge in [-0.15, -0.1) is 5.10 Å². The van der Waals surface area contributed by atoms with Crippen LogP contribution in [0.25, 0.3) is 17.1 Å². The van der Waals surface area contributed by atoms with Crippen LogP contribution in [0.5, 0.6) is 5.75 Å². The van der Waals surface area contributed by atoms with Gasteiger partial charge in [0.2, 0.25) is 0 Å². The summed E-state index contributed by atoms with van der Waals surface area (Å²) in [5, 5.41) is 4.47. The lowest BCUT2D eigenvalue weighted by molar-refractivity contribution is -0.137. The molecule has 1 saturated heterocycles. The van der Waals surface area contributed by atoms with Gasteiger partial charge in [0, 0.05) is 0 Å². The summed E-state index contributed by atoms with van der Waals surface area (Å²) in [4.78, 5) is 4.63. The Labute approximate surface area is 177 Å². The predicted molar refractivity (Wildman–Crippen MR) is 105 cm³/mol. The van der Waals surface area contributed by atoms with Crippen molar-refractivity contribution in [3.8, 4) is 22.8 Å². The molecule has 2 aliphatic rings. The molecule has 31 heavy (non-hydrogen) atoms. The van der Waals surface area contributed by atoms with Crippen LogP contribution < -0.4 is 4.74 Å². The number of hydrogen-bond acceptors (Lipinski definition) is 5. The molecule has 5 rings (SSSR count). The summed E-state index contributed by atoms with van der Waals surface area (Å²) >= 11 is 0. The van der Waals surface area contributed by atoms with Crippen molar-refractivity contribution in [2.75, 3.05) is 13.7 Å². The third kappa shape index (κ3) is 3.40. The van der Waals surface area contributed by atoms with Gasteiger partial charge < -0.3 is 13.9 Å². The van der Waals surface area contributed by atoms with Gasteiger partial charge in [-0.3, -0.25) is 0 Å². The van der Waals surface area contributed by atoms with E-state index in [1.807, 2.05) is 0 Å². The van der Waals surface area contributed by atoms with Gasteiger partial charge in [0.15, 0.2) is 11.6 Å². The second-order valence-electron chi connectivity index (χ2n) is 8.33. The van der Waals surface area contributed by atoms with Gasteiger partial charge >= 0.3 is 6.18 Å². The lowest BCUT2D eigenvalue weighted by atomic mass is 9.67. The average Bonchev–Trinajstić information content (AvgIpc) is 3.43. The minimum atomic E-state index is -4.59. The SMILES string of the molecule is COc1ccc(-n2nc(-c3ccoc3C)nc2C2CC3(CCC3)CO2)c(C(F)(F)F)c1. The fourth-order valence-electron chi connectivity index (χ4n) is 4.47. The van der Waals surface area contributed by atoms with Gasteiger partial charge in [-0.05, 0) is 55.9 Å². The molecule has 1 spiro atoms. The molecule has 2 fully saturated rings. The molecule has 1 aliphatic carbocycles. The van der Waals surface area contributed by atoms with E-state index < -0.39 is 17.8 Å². The molecule has 1 saturated carbocycles. The molecule has 2 aromatic heterocycles. The van der Waals surface area contributed by atoms with Crippen LogP contribution >= 0.6 is 0 Å². The van der Waals surface area contributed by atoms with Crippen LogP contribution in [0.1, 0.15) is 48.9 Å². The van der Waals surface area contributed by atoms with E-state index in [0.29, 0.717) is 29.6 Å². The van der Waals surface area contributed by atoms with E-state index in [1.165, 1.54) is 30.2 Å². The van der Waals surface area contributed by atoms with E-state index in [-0.39, 0.29) is 16.9 Å². The van der Waals surface area contributed by atoms with E-state index >= 15 is 0 Å². The molecular formula is C22H22F3N3O3. The molecule has 0 bridgehead atoms. The van der Waals surface area contributed by atoms with Crippen LogP contribution in [-0.4, -0.2) is 28.5 Å². The molecule has 3 aromatic rings. The first kappa shape index (κ1) is 20.1. The summed E-state index contributed by atoms with van der Waals surface area (Å²) in [6.45, 7) is 2.36. The normalized spacial score (nSPS) is 20.2.